The molecule has 116 valence electrons. The third-order valence-corrected chi connectivity index (χ3v) is 3.77. The van der Waals surface area contributed by atoms with E-state index in [1.54, 1.807) is 31.2 Å². The number of aromatic nitrogens is 1. The first kappa shape index (κ1) is 16.0. The first-order valence-electron chi connectivity index (χ1n) is 6.82. The van der Waals surface area contributed by atoms with Crippen LogP contribution in [-0.4, -0.2) is 22.6 Å². The Kier molecular flexibility index (Phi) is 5.11. The van der Waals surface area contributed by atoms with E-state index < -0.39 is 0 Å². The summed E-state index contributed by atoms with van der Waals surface area (Å²) in [4.78, 5) is 12.1. The fourth-order valence-corrected chi connectivity index (χ4v) is 2.66. The molecular formula is C15H18N4O2S. The van der Waals surface area contributed by atoms with Gasteiger partial charge in [-0.05, 0) is 56.6 Å². The summed E-state index contributed by atoms with van der Waals surface area (Å²) in [6.07, 6.45) is 0. The molecule has 0 fully saturated rings. The summed E-state index contributed by atoms with van der Waals surface area (Å²) in [5.74, 6) is 0.438. The molecule has 0 unspecified atom stereocenters. The summed E-state index contributed by atoms with van der Waals surface area (Å²) in [6.45, 7) is 6.14. The third-order valence-electron chi connectivity index (χ3n) is 3.00. The minimum absolute atomic E-state index is 0.290. The lowest BCUT2D eigenvalue weighted by molar-refractivity contribution is 0.0955. The fraction of sp³-hybridized carbons (Fsp3) is 0.267. The minimum atomic E-state index is -0.290. The van der Waals surface area contributed by atoms with E-state index >= 15 is 0 Å². The van der Waals surface area contributed by atoms with Gasteiger partial charge in [-0.25, -0.2) is 5.43 Å². The highest BCUT2D eigenvalue weighted by Crippen LogP contribution is 2.21. The highest BCUT2D eigenvalue weighted by molar-refractivity contribution is 7.10. The molecule has 0 atom stereocenters. The maximum absolute atomic E-state index is 12.1. The van der Waals surface area contributed by atoms with Crippen LogP contribution in [0.2, 0.25) is 0 Å². The molecule has 1 aromatic heterocycles. The molecule has 1 heterocycles. The van der Waals surface area contributed by atoms with Crippen molar-refractivity contribution in [3.05, 3.63) is 41.1 Å². The summed E-state index contributed by atoms with van der Waals surface area (Å²) < 4.78 is 9.49. The van der Waals surface area contributed by atoms with E-state index in [1.807, 2.05) is 13.8 Å². The smallest absolute Gasteiger partial charge is 0.271 e. The van der Waals surface area contributed by atoms with Crippen molar-refractivity contribution < 1.29 is 9.53 Å². The Labute approximate surface area is 133 Å². The van der Waals surface area contributed by atoms with Gasteiger partial charge in [-0.2, -0.15) is 9.47 Å². The summed E-state index contributed by atoms with van der Waals surface area (Å²) >= 11 is 1.22. The monoisotopic (exact) mass is 318 g/mol. The first-order valence-corrected chi connectivity index (χ1v) is 7.59. The van der Waals surface area contributed by atoms with Crippen molar-refractivity contribution >= 4 is 28.2 Å². The number of hydrazone groups is 1. The lowest BCUT2D eigenvalue weighted by atomic mass is 10.2. The number of carbonyl (C=O) groups is 1. The molecule has 6 nitrogen and oxygen atoms in total. The molecule has 2 aromatic rings. The maximum atomic E-state index is 12.1. The Hall–Kier alpha value is -2.41. The quantitative estimate of drug-likeness (QED) is 0.655. The van der Waals surface area contributed by atoms with Crippen LogP contribution in [0.5, 0.6) is 5.75 Å². The second kappa shape index (κ2) is 7.04. The number of anilines is 1. The summed E-state index contributed by atoms with van der Waals surface area (Å²) in [6, 6.07) is 6.88. The lowest BCUT2D eigenvalue weighted by Crippen LogP contribution is -2.19. The van der Waals surface area contributed by atoms with Crippen LogP contribution in [0.3, 0.4) is 0 Å². The van der Waals surface area contributed by atoms with Crippen molar-refractivity contribution in [2.24, 2.45) is 5.10 Å². The number of rotatable bonds is 5. The number of benzene rings is 1. The van der Waals surface area contributed by atoms with Crippen LogP contribution < -0.4 is 15.9 Å². The van der Waals surface area contributed by atoms with Gasteiger partial charge in [0.2, 0.25) is 0 Å². The number of hydrogen-bond donors (Lipinski definition) is 2. The zero-order valence-electron chi connectivity index (χ0n) is 12.7. The number of ether oxygens (including phenoxy) is 1. The fourth-order valence-electron chi connectivity index (χ4n) is 1.95. The van der Waals surface area contributed by atoms with E-state index in [0.29, 0.717) is 22.9 Å². The van der Waals surface area contributed by atoms with Crippen molar-refractivity contribution in [3.63, 3.8) is 0 Å². The Morgan fingerprint density at radius 2 is 2.09 bits per heavy atom. The second-order valence-corrected chi connectivity index (χ2v) is 5.41. The Bertz CT molecular complexity index is 673. The normalized spacial score (nSPS) is 11.3. The Balaban J connectivity index is 2.07. The molecule has 0 spiro atoms. The van der Waals surface area contributed by atoms with Gasteiger partial charge >= 0.3 is 0 Å². The van der Waals surface area contributed by atoms with Gasteiger partial charge in [0.15, 0.2) is 0 Å². The molecule has 2 rings (SSSR count). The van der Waals surface area contributed by atoms with E-state index in [9.17, 15) is 4.79 Å². The summed E-state index contributed by atoms with van der Waals surface area (Å²) in [5, 5.41) is 4.69. The van der Waals surface area contributed by atoms with Gasteiger partial charge in [-0.1, -0.05) is 0 Å². The molecule has 1 amide bonds. The summed E-state index contributed by atoms with van der Waals surface area (Å²) in [7, 11) is 0. The van der Waals surface area contributed by atoms with Crippen LogP contribution in [-0.2, 0) is 0 Å². The topological polar surface area (TPSA) is 89.6 Å². The Morgan fingerprint density at radius 3 is 2.64 bits per heavy atom. The molecule has 0 aliphatic carbocycles. The van der Waals surface area contributed by atoms with Crippen molar-refractivity contribution in [1.82, 2.24) is 9.80 Å². The van der Waals surface area contributed by atoms with Crippen molar-refractivity contribution in [2.45, 2.75) is 20.8 Å². The van der Waals surface area contributed by atoms with E-state index in [0.717, 1.165) is 17.0 Å². The van der Waals surface area contributed by atoms with Gasteiger partial charge in [0, 0.05) is 5.56 Å². The highest BCUT2D eigenvalue weighted by atomic mass is 32.1. The lowest BCUT2D eigenvalue weighted by Gasteiger charge is -2.05. The number of amides is 1. The minimum Gasteiger partial charge on any atom is -0.494 e. The zero-order chi connectivity index (χ0) is 16.1. The molecule has 0 aliphatic rings. The van der Waals surface area contributed by atoms with Crippen LogP contribution in [0.25, 0.3) is 0 Å². The Morgan fingerprint density at radius 1 is 1.41 bits per heavy atom. The van der Waals surface area contributed by atoms with Gasteiger partial charge in [0.05, 0.1) is 23.6 Å². The number of nitrogen functional groups attached to an aromatic ring is 1. The average molecular weight is 318 g/mol. The maximum Gasteiger partial charge on any atom is 0.271 e. The van der Waals surface area contributed by atoms with Crippen LogP contribution in [0, 0.1) is 6.92 Å². The average Bonchev–Trinajstić information content (AvgIpc) is 2.85. The van der Waals surface area contributed by atoms with Gasteiger partial charge in [-0.3, -0.25) is 4.79 Å². The first-order chi connectivity index (χ1) is 10.5. The summed E-state index contributed by atoms with van der Waals surface area (Å²) in [5.41, 5.74) is 11.1. The van der Waals surface area contributed by atoms with Gasteiger partial charge in [0.25, 0.3) is 5.91 Å². The molecule has 3 N–H and O–H groups in total. The number of hydrogen-bond acceptors (Lipinski definition) is 6. The number of carbonyl (C=O) groups excluding carboxylic acids is 1. The highest BCUT2D eigenvalue weighted by Gasteiger charge is 2.11. The van der Waals surface area contributed by atoms with Crippen molar-refractivity contribution in [1.29, 1.82) is 0 Å². The van der Waals surface area contributed by atoms with E-state index in [-0.39, 0.29) is 5.91 Å². The number of nitrogens with two attached hydrogens (primary N) is 1. The van der Waals surface area contributed by atoms with Gasteiger partial charge < -0.3 is 10.5 Å². The molecule has 0 radical (unpaired) electrons. The van der Waals surface area contributed by atoms with Crippen LogP contribution in [0.15, 0.2) is 29.4 Å². The van der Waals surface area contributed by atoms with E-state index in [1.165, 1.54) is 11.5 Å². The molecule has 0 aliphatic heterocycles. The third kappa shape index (κ3) is 3.62. The molecular weight excluding hydrogens is 300 g/mol. The van der Waals surface area contributed by atoms with Crippen LogP contribution in [0.1, 0.15) is 35.5 Å². The molecule has 1 aromatic carbocycles. The molecule has 0 saturated carbocycles. The van der Waals surface area contributed by atoms with Crippen LogP contribution in [0.4, 0.5) is 5.00 Å². The van der Waals surface area contributed by atoms with Crippen LogP contribution >= 0.6 is 11.5 Å². The van der Waals surface area contributed by atoms with Gasteiger partial charge in [0.1, 0.15) is 10.8 Å². The number of nitrogens with one attached hydrogen (secondary N) is 1. The molecule has 7 heteroatoms. The van der Waals surface area contributed by atoms with E-state index in [2.05, 4.69) is 14.9 Å². The molecule has 0 saturated heterocycles. The van der Waals surface area contributed by atoms with Crippen molar-refractivity contribution in [2.75, 3.05) is 12.3 Å². The predicted octanol–water partition coefficient (Wildman–Crippen LogP) is 2.59. The number of nitrogens with zero attached hydrogens (tertiary/aromatic N) is 2. The SMILES string of the molecule is CCOc1ccc(C(=O)N/N=C(/C)c2c(C)nsc2N)cc1. The van der Waals surface area contributed by atoms with Gasteiger partial charge in [-0.15, -0.1) is 0 Å². The largest absolute Gasteiger partial charge is 0.494 e. The number of aryl methyl sites for hydroxylation is 1. The molecule has 0 bridgehead atoms. The van der Waals surface area contributed by atoms with Crippen molar-refractivity contribution in [3.8, 4) is 5.75 Å². The van der Waals surface area contributed by atoms with E-state index in [4.69, 9.17) is 10.5 Å². The molecule has 22 heavy (non-hydrogen) atoms. The predicted molar refractivity (Wildman–Crippen MR) is 88.6 cm³/mol. The zero-order valence-corrected chi connectivity index (χ0v) is 13.5. The standard InChI is InChI=1S/C15H18N4O2S/c1-4-21-12-7-5-11(6-8-12)15(20)18-17-9(2)13-10(3)19-22-14(13)16/h5-8H,4,16H2,1-3H3,(H,18,20)/b17-9-. The second-order valence-electron chi connectivity index (χ2n) is 4.60.